The number of hydrogen-bond acceptors (Lipinski definition) is 3. The highest BCUT2D eigenvalue weighted by Crippen LogP contribution is 2.27. The van der Waals surface area contributed by atoms with Gasteiger partial charge >= 0.3 is 0 Å². The minimum atomic E-state index is -0.210. The maximum absolute atomic E-state index is 8.61. The Morgan fingerprint density at radius 1 is 1.57 bits per heavy atom. The standard InChI is InChI=1S/C10H21N3O/c1-10(2,9(11)12-14)6-7-13(3)8-4-5-8/h8,14H,4-7H2,1-3H3,(H2,11,12). The normalized spacial score (nSPS) is 19.0. The van der Waals surface area contributed by atoms with Gasteiger partial charge in [0.1, 0.15) is 5.84 Å². The van der Waals surface area contributed by atoms with Gasteiger partial charge in [0.2, 0.25) is 0 Å². The van der Waals surface area contributed by atoms with Gasteiger partial charge in [-0.2, -0.15) is 0 Å². The van der Waals surface area contributed by atoms with Crippen LogP contribution in [0.15, 0.2) is 5.16 Å². The van der Waals surface area contributed by atoms with Crippen molar-refractivity contribution in [1.82, 2.24) is 4.90 Å². The Morgan fingerprint density at radius 3 is 2.57 bits per heavy atom. The monoisotopic (exact) mass is 199 g/mol. The van der Waals surface area contributed by atoms with E-state index in [1.54, 1.807) is 0 Å². The molecule has 0 heterocycles. The minimum Gasteiger partial charge on any atom is -0.409 e. The summed E-state index contributed by atoms with van der Waals surface area (Å²) >= 11 is 0. The SMILES string of the molecule is CN(CCC(C)(C)C(N)=NO)C1CC1. The van der Waals surface area contributed by atoms with Crippen LogP contribution in [-0.2, 0) is 0 Å². The Bertz CT molecular complexity index is 221. The van der Waals surface area contributed by atoms with Crippen LogP contribution in [0.4, 0.5) is 0 Å². The number of nitrogens with two attached hydrogens (primary N) is 1. The van der Waals surface area contributed by atoms with Crippen molar-refractivity contribution >= 4 is 5.84 Å². The van der Waals surface area contributed by atoms with E-state index < -0.39 is 0 Å². The van der Waals surface area contributed by atoms with Gasteiger partial charge in [-0.15, -0.1) is 0 Å². The highest BCUT2D eigenvalue weighted by Gasteiger charge is 2.29. The third-order valence-electron chi connectivity index (χ3n) is 3.06. The molecule has 0 aromatic carbocycles. The molecule has 3 N–H and O–H groups in total. The topological polar surface area (TPSA) is 61.8 Å². The Kier molecular flexibility index (Phi) is 3.37. The molecule has 0 aromatic heterocycles. The summed E-state index contributed by atoms with van der Waals surface area (Å²) in [4.78, 5) is 2.35. The summed E-state index contributed by atoms with van der Waals surface area (Å²) in [6.07, 6.45) is 3.57. The second kappa shape index (κ2) is 4.17. The quantitative estimate of drug-likeness (QED) is 0.303. The van der Waals surface area contributed by atoms with E-state index in [1.807, 2.05) is 13.8 Å². The Hall–Kier alpha value is -0.770. The molecule has 0 radical (unpaired) electrons. The summed E-state index contributed by atoms with van der Waals surface area (Å²) in [5, 5.41) is 11.7. The van der Waals surface area contributed by atoms with Crippen LogP contribution < -0.4 is 5.73 Å². The second-order valence-electron chi connectivity index (χ2n) is 4.83. The largest absolute Gasteiger partial charge is 0.409 e. The molecule has 1 saturated carbocycles. The predicted molar refractivity (Wildman–Crippen MR) is 57.5 cm³/mol. The fourth-order valence-corrected chi connectivity index (χ4v) is 1.42. The highest BCUT2D eigenvalue weighted by molar-refractivity contribution is 5.85. The number of oxime groups is 1. The van der Waals surface area contributed by atoms with Gasteiger partial charge in [0.25, 0.3) is 0 Å². The van der Waals surface area contributed by atoms with Crippen LogP contribution in [-0.4, -0.2) is 35.6 Å². The number of hydrogen-bond donors (Lipinski definition) is 2. The average Bonchev–Trinajstić information content (AvgIpc) is 2.96. The van der Waals surface area contributed by atoms with Crippen LogP contribution in [0.5, 0.6) is 0 Å². The zero-order chi connectivity index (χ0) is 10.8. The lowest BCUT2D eigenvalue weighted by atomic mass is 9.88. The summed E-state index contributed by atoms with van der Waals surface area (Å²) < 4.78 is 0. The molecule has 1 rings (SSSR count). The van der Waals surface area contributed by atoms with Crippen LogP contribution >= 0.6 is 0 Å². The van der Waals surface area contributed by atoms with Crippen molar-refractivity contribution in [1.29, 1.82) is 0 Å². The summed E-state index contributed by atoms with van der Waals surface area (Å²) in [7, 11) is 2.14. The van der Waals surface area contributed by atoms with Crippen molar-refractivity contribution in [2.75, 3.05) is 13.6 Å². The molecule has 0 amide bonds. The number of nitrogens with zero attached hydrogens (tertiary/aromatic N) is 2. The number of amidine groups is 1. The van der Waals surface area contributed by atoms with E-state index in [9.17, 15) is 0 Å². The van der Waals surface area contributed by atoms with E-state index in [1.165, 1.54) is 12.8 Å². The number of rotatable bonds is 5. The molecule has 82 valence electrons. The van der Waals surface area contributed by atoms with Gasteiger partial charge in [0.15, 0.2) is 0 Å². The van der Waals surface area contributed by atoms with E-state index in [4.69, 9.17) is 10.9 Å². The van der Waals surface area contributed by atoms with E-state index in [-0.39, 0.29) is 5.41 Å². The molecule has 0 unspecified atom stereocenters. The first-order chi connectivity index (χ1) is 6.47. The van der Waals surface area contributed by atoms with Crippen LogP contribution in [0.1, 0.15) is 33.1 Å². The molecular formula is C10H21N3O. The fourth-order valence-electron chi connectivity index (χ4n) is 1.42. The zero-order valence-electron chi connectivity index (χ0n) is 9.32. The smallest absolute Gasteiger partial charge is 0.144 e. The van der Waals surface area contributed by atoms with Gasteiger partial charge in [0.05, 0.1) is 0 Å². The van der Waals surface area contributed by atoms with Gasteiger partial charge in [-0.3, -0.25) is 0 Å². The molecule has 14 heavy (non-hydrogen) atoms. The third-order valence-corrected chi connectivity index (χ3v) is 3.06. The first kappa shape index (κ1) is 11.3. The summed E-state index contributed by atoms with van der Waals surface area (Å²) in [5.41, 5.74) is 5.40. The van der Waals surface area contributed by atoms with Crippen molar-refractivity contribution in [2.24, 2.45) is 16.3 Å². The van der Waals surface area contributed by atoms with Gasteiger partial charge < -0.3 is 15.8 Å². The molecule has 0 aromatic rings. The first-order valence-corrected chi connectivity index (χ1v) is 5.15. The molecule has 4 nitrogen and oxygen atoms in total. The molecule has 0 atom stereocenters. The zero-order valence-corrected chi connectivity index (χ0v) is 9.32. The van der Waals surface area contributed by atoms with Gasteiger partial charge in [-0.05, 0) is 32.9 Å². The van der Waals surface area contributed by atoms with E-state index in [2.05, 4.69) is 17.1 Å². The lowest BCUT2D eigenvalue weighted by Crippen LogP contribution is -2.35. The molecule has 0 saturated heterocycles. The highest BCUT2D eigenvalue weighted by atomic mass is 16.4. The van der Waals surface area contributed by atoms with Crippen LogP contribution in [0.25, 0.3) is 0 Å². The van der Waals surface area contributed by atoms with Crippen LogP contribution in [0.3, 0.4) is 0 Å². The van der Waals surface area contributed by atoms with E-state index in [0.29, 0.717) is 5.84 Å². The van der Waals surface area contributed by atoms with Crippen LogP contribution in [0, 0.1) is 5.41 Å². The van der Waals surface area contributed by atoms with E-state index >= 15 is 0 Å². The molecule has 0 aliphatic heterocycles. The minimum absolute atomic E-state index is 0.210. The fraction of sp³-hybridized carbons (Fsp3) is 0.900. The van der Waals surface area contributed by atoms with Gasteiger partial charge in [-0.25, -0.2) is 0 Å². The van der Waals surface area contributed by atoms with Crippen molar-refractivity contribution in [2.45, 2.75) is 39.2 Å². The van der Waals surface area contributed by atoms with Crippen molar-refractivity contribution in [3.8, 4) is 0 Å². The Balaban J connectivity index is 2.34. The maximum atomic E-state index is 8.61. The molecule has 1 fully saturated rings. The maximum Gasteiger partial charge on any atom is 0.144 e. The molecule has 4 heteroatoms. The average molecular weight is 199 g/mol. The summed E-state index contributed by atoms with van der Waals surface area (Å²) in [6.45, 7) is 5.01. The lowest BCUT2D eigenvalue weighted by molar-refractivity contribution is 0.271. The van der Waals surface area contributed by atoms with Crippen molar-refractivity contribution in [3.05, 3.63) is 0 Å². The second-order valence-corrected chi connectivity index (χ2v) is 4.83. The Morgan fingerprint density at radius 2 is 2.14 bits per heavy atom. The molecular weight excluding hydrogens is 178 g/mol. The summed E-state index contributed by atoms with van der Waals surface area (Å²) in [6, 6.07) is 0.776. The molecule has 0 spiro atoms. The van der Waals surface area contributed by atoms with Crippen molar-refractivity contribution in [3.63, 3.8) is 0 Å². The first-order valence-electron chi connectivity index (χ1n) is 5.15. The predicted octanol–water partition coefficient (Wildman–Crippen LogP) is 1.24. The molecule has 1 aliphatic rings. The van der Waals surface area contributed by atoms with Gasteiger partial charge in [0, 0.05) is 11.5 Å². The third kappa shape index (κ3) is 2.87. The Labute approximate surface area is 85.8 Å². The van der Waals surface area contributed by atoms with Crippen LogP contribution in [0.2, 0.25) is 0 Å². The van der Waals surface area contributed by atoms with Gasteiger partial charge in [-0.1, -0.05) is 19.0 Å². The van der Waals surface area contributed by atoms with E-state index in [0.717, 1.165) is 19.0 Å². The lowest BCUT2D eigenvalue weighted by Gasteiger charge is -2.26. The van der Waals surface area contributed by atoms with Crippen molar-refractivity contribution < 1.29 is 5.21 Å². The molecule has 0 bridgehead atoms. The summed E-state index contributed by atoms with van der Waals surface area (Å²) in [5.74, 6) is 0.321. The molecule has 1 aliphatic carbocycles.